The van der Waals surface area contributed by atoms with Crippen molar-refractivity contribution in [2.24, 2.45) is 0 Å². The number of aromatic nitrogens is 2. The fourth-order valence-electron chi connectivity index (χ4n) is 2.07. The fraction of sp³-hybridized carbons (Fsp3) is 0.375. The highest BCUT2D eigenvalue weighted by Crippen LogP contribution is 2.15. The number of halogens is 1. The lowest BCUT2D eigenvalue weighted by molar-refractivity contribution is -0.153. The van der Waals surface area contributed by atoms with Crippen LogP contribution in [0.3, 0.4) is 0 Å². The minimum atomic E-state index is -0.931. The number of carbonyl (C=O) groups excluding carboxylic acids is 2. The minimum absolute atomic E-state index is 0.139. The lowest BCUT2D eigenvalue weighted by Crippen LogP contribution is -2.30. The maximum atomic E-state index is 12.0. The van der Waals surface area contributed by atoms with Gasteiger partial charge in [-0.05, 0) is 39.3 Å². The van der Waals surface area contributed by atoms with Crippen LogP contribution in [0.5, 0.6) is 0 Å². The molecule has 0 aliphatic carbocycles. The predicted molar refractivity (Wildman–Crippen MR) is 87.7 cm³/mol. The SMILES string of the molecule is Cc1noc(C)c1CCC(=O)O[C@H](C)C(=O)Nc1ccc(Cl)cn1. The van der Waals surface area contributed by atoms with Crippen LogP contribution in [0.15, 0.2) is 22.9 Å². The second-order valence-corrected chi connectivity index (χ2v) is 5.72. The highest BCUT2D eigenvalue weighted by Gasteiger charge is 2.19. The van der Waals surface area contributed by atoms with Crippen LogP contribution in [0.4, 0.5) is 5.82 Å². The molecule has 0 saturated heterocycles. The van der Waals surface area contributed by atoms with Gasteiger partial charge in [-0.15, -0.1) is 0 Å². The number of carbonyl (C=O) groups is 2. The Hall–Kier alpha value is -2.41. The molecule has 2 aromatic heterocycles. The van der Waals surface area contributed by atoms with Crippen LogP contribution in [-0.4, -0.2) is 28.1 Å². The predicted octanol–water partition coefficient (Wildman–Crippen LogP) is 2.84. The molecule has 1 N–H and O–H groups in total. The third kappa shape index (κ3) is 4.79. The number of hydrogen-bond acceptors (Lipinski definition) is 6. The standard InChI is InChI=1S/C16H18ClN3O4/c1-9-13(10(2)24-20-9)5-7-15(21)23-11(3)16(22)19-14-6-4-12(17)8-18-14/h4,6,8,11H,5,7H2,1-3H3,(H,18,19,22)/t11-/m1/s1. The van der Waals surface area contributed by atoms with E-state index in [4.69, 9.17) is 20.9 Å². The van der Waals surface area contributed by atoms with E-state index in [1.54, 1.807) is 19.1 Å². The van der Waals surface area contributed by atoms with Crippen molar-refractivity contribution in [1.29, 1.82) is 0 Å². The summed E-state index contributed by atoms with van der Waals surface area (Å²) in [6.07, 6.45) is 1.07. The molecule has 0 aromatic carbocycles. The summed E-state index contributed by atoms with van der Waals surface area (Å²) in [5.41, 5.74) is 1.63. The van der Waals surface area contributed by atoms with Gasteiger partial charge in [0.2, 0.25) is 0 Å². The molecule has 0 spiro atoms. The van der Waals surface area contributed by atoms with Gasteiger partial charge in [0.25, 0.3) is 5.91 Å². The molecule has 0 radical (unpaired) electrons. The van der Waals surface area contributed by atoms with Crippen LogP contribution in [0, 0.1) is 13.8 Å². The zero-order chi connectivity index (χ0) is 17.7. The van der Waals surface area contributed by atoms with Crippen molar-refractivity contribution >= 4 is 29.3 Å². The first-order valence-electron chi connectivity index (χ1n) is 7.40. The first-order valence-corrected chi connectivity index (χ1v) is 7.78. The van der Waals surface area contributed by atoms with Gasteiger partial charge in [-0.1, -0.05) is 16.8 Å². The first kappa shape index (κ1) is 17.9. The van der Waals surface area contributed by atoms with E-state index in [1.165, 1.54) is 13.1 Å². The number of aryl methyl sites for hydroxylation is 2. The Morgan fingerprint density at radius 1 is 1.38 bits per heavy atom. The van der Waals surface area contributed by atoms with Gasteiger partial charge in [-0.3, -0.25) is 9.59 Å². The number of nitrogens with one attached hydrogen (secondary N) is 1. The lowest BCUT2D eigenvalue weighted by Gasteiger charge is -2.13. The number of pyridine rings is 1. The van der Waals surface area contributed by atoms with Crippen LogP contribution in [0.25, 0.3) is 0 Å². The van der Waals surface area contributed by atoms with Gasteiger partial charge < -0.3 is 14.6 Å². The van der Waals surface area contributed by atoms with Gasteiger partial charge in [-0.25, -0.2) is 4.98 Å². The molecule has 0 aliphatic heterocycles. The number of rotatable bonds is 6. The van der Waals surface area contributed by atoms with E-state index in [-0.39, 0.29) is 6.42 Å². The summed E-state index contributed by atoms with van der Waals surface area (Å²) >= 11 is 5.72. The number of hydrogen-bond donors (Lipinski definition) is 1. The normalized spacial score (nSPS) is 11.8. The molecule has 0 saturated carbocycles. The molecule has 2 heterocycles. The van der Waals surface area contributed by atoms with Crippen LogP contribution in [0.2, 0.25) is 5.02 Å². The smallest absolute Gasteiger partial charge is 0.306 e. The van der Waals surface area contributed by atoms with E-state index in [0.29, 0.717) is 23.0 Å². The van der Waals surface area contributed by atoms with Crippen LogP contribution in [0.1, 0.15) is 30.4 Å². The summed E-state index contributed by atoms with van der Waals surface area (Å²) in [5.74, 6) is 0.0835. The van der Waals surface area contributed by atoms with Crippen LogP contribution >= 0.6 is 11.6 Å². The van der Waals surface area contributed by atoms with Gasteiger partial charge in [0.15, 0.2) is 6.10 Å². The highest BCUT2D eigenvalue weighted by molar-refractivity contribution is 6.30. The highest BCUT2D eigenvalue weighted by atomic mass is 35.5. The van der Waals surface area contributed by atoms with Crippen molar-refractivity contribution in [1.82, 2.24) is 10.1 Å². The van der Waals surface area contributed by atoms with E-state index in [0.717, 1.165) is 11.3 Å². The van der Waals surface area contributed by atoms with E-state index < -0.39 is 18.0 Å². The lowest BCUT2D eigenvalue weighted by atomic mass is 10.1. The Bertz CT molecular complexity index is 708. The van der Waals surface area contributed by atoms with Gasteiger partial charge in [0, 0.05) is 18.2 Å². The van der Waals surface area contributed by atoms with E-state index >= 15 is 0 Å². The minimum Gasteiger partial charge on any atom is -0.453 e. The molecule has 2 aromatic rings. The number of anilines is 1. The molecular weight excluding hydrogens is 334 g/mol. The van der Waals surface area contributed by atoms with E-state index in [9.17, 15) is 9.59 Å². The Balaban J connectivity index is 1.82. The molecule has 24 heavy (non-hydrogen) atoms. The summed E-state index contributed by atoms with van der Waals surface area (Å²) in [6, 6.07) is 3.16. The molecule has 1 atom stereocenters. The van der Waals surface area contributed by atoms with E-state index in [2.05, 4.69) is 15.5 Å². The molecule has 7 nitrogen and oxygen atoms in total. The molecular formula is C16H18ClN3O4. The molecule has 2 rings (SSSR count). The Morgan fingerprint density at radius 2 is 2.12 bits per heavy atom. The maximum Gasteiger partial charge on any atom is 0.306 e. The second-order valence-electron chi connectivity index (χ2n) is 5.29. The van der Waals surface area contributed by atoms with Crippen LogP contribution in [-0.2, 0) is 20.7 Å². The average molecular weight is 352 g/mol. The molecule has 1 amide bonds. The summed E-state index contributed by atoms with van der Waals surface area (Å²) in [4.78, 5) is 27.8. The summed E-state index contributed by atoms with van der Waals surface area (Å²) < 4.78 is 10.2. The second kappa shape index (κ2) is 7.92. The zero-order valence-corrected chi connectivity index (χ0v) is 14.4. The fourth-order valence-corrected chi connectivity index (χ4v) is 2.18. The number of nitrogens with zero attached hydrogens (tertiary/aromatic N) is 2. The third-order valence-electron chi connectivity index (χ3n) is 3.42. The van der Waals surface area contributed by atoms with Crippen molar-refractivity contribution in [3.8, 4) is 0 Å². The Kier molecular flexibility index (Phi) is 5.92. The molecule has 0 unspecified atom stereocenters. The van der Waals surface area contributed by atoms with Crippen molar-refractivity contribution in [2.45, 2.75) is 39.7 Å². The van der Waals surface area contributed by atoms with Gasteiger partial charge >= 0.3 is 5.97 Å². The molecule has 128 valence electrons. The number of esters is 1. The number of amides is 1. The Labute approximate surface area is 144 Å². The Morgan fingerprint density at radius 3 is 2.71 bits per heavy atom. The van der Waals surface area contributed by atoms with Crippen molar-refractivity contribution in [3.63, 3.8) is 0 Å². The topological polar surface area (TPSA) is 94.3 Å². The molecule has 8 heteroatoms. The largest absolute Gasteiger partial charge is 0.453 e. The van der Waals surface area contributed by atoms with Crippen LogP contribution < -0.4 is 5.32 Å². The van der Waals surface area contributed by atoms with Gasteiger partial charge in [0.1, 0.15) is 11.6 Å². The summed E-state index contributed by atoms with van der Waals surface area (Å²) in [7, 11) is 0. The van der Waals surface area contributed by atoms with Gasteiger partial charge in [-0.2, -0.15) is 0 Å². The molecule has 0 bridgehead atoms. The quantitative estimate of drug-likeness (QED) is 0.804. The summed E-state index contributed by atoms with van der Waals surface area (Å²) in [6.45, 7) is 5.10. The first-order chi connectivity index (χ1) is 11.4. The average Bonchev–Trinajstić information content (AvgIpc) is 2.86. The molecule has 0 fully saturated rings. The third-order valence-corrected chi connectivity index (χ3v) is 3.64. The van der Waals surface area contributed by atoms with Crippen molar-refractivity contribution < 1.29 is 18.8 Å². The summed E-state index contributed by atoms with van der Waals surface area (Å²) in [5, 5.41) is 6.84. The van der Waals surface area contributed by atoms with Crippen molar-refractivity contribution in [3.05, 3.63) is 40.4 Å². The number of ether oxygens (including phenoxy) is 1. The molecule has 0 aliphatic rings. The van der Waals surface area contributed by atoms with Crippen molar-refractivity contribution in [2.75, 3.05) is 5.32 Å². The zero-order valence-electron chi connectivity index (χ0n) is 13.6. The monoisotopic (exact) mass is 351 g/mol. The van der Waals surface area contributed by atoms with E-state index in [1.807, 2.05) is 6.92 Å². The maximum absolute atomic E-state index is 12.0. The van der Waals surface area contributed by atoms with Gasteiger partial charge in [0.05, 0.1) is 10.7 Å².